The van der Waals surface area contributed by atoms with Crippen LogP contribution in [0, 0.1) is 6.92 Å². The van der Waals surface area contributed by atoms with Crippen LogP contribution in [-0.4, -0.2) is 17.4 Å². The zero-order chi connectivity index (χ0) is 15.2. The quantitative estimate of drug-likeness (QED) is 0.854. The fourth-order valence-electron chi connectivity index (χ4n) is 2.00. The Morgan fingerprint density at radius 1 is 1.38 bits per heavy atom. The number of aromatic nitrogens is 1. The number of carbonyl (C=O) groups excluding carboxylic acids is 1. The number of nitrogens with zero attached hydrogens (tertiary/aromatic N) is 1. The largest absolute Gasteiger partial charge is 0.384 e. The van der Waals surface area contributed by atoms with E-state index >= 15 is 0 Å². The molecule has 0 spiro atoms. The van der Waals surface area contributed by atoms with Crippen molar-refractivity contribution in [2.45, 2.75) is 33.2 Å². The Hall–Kier alpha value is -1.88. The average molecular weight is 303 g/mol. The van der Waals surface area contributed by atoms with Gasteiger partial charge in [0.25, 0.3) is 5.91 Å². The van der Waals surface area contributed by atoms with Crippen LogP contribution in [0.25, 0.3) is 0 Å². The van der Waals surface area contributed by atoms with E-state index in [1.54, 1.807) is 11.3 Å². The van der Waals surface area contributed by atoms with Crippen LogP contribution in [0.4, 0.5) is 5.69 Å². The van der Waals surface area contributed by atoms with E-state index in [0.717, 1.165) is 28.5 Å². The second kappa shape index (κ2) is 7.22. The maximum atomic E-state index is 12.4. The van der Waals surface area contributed by atoms with Crippen molar-refractivity contribution in [3.8, 4) is 0 Å². The minimum atomic E-state index is -0.0876. The number of carbonyl (C=O) groups is 1. The summed E-state index contributed by atoms with van der Waals surface area (Å²) in [6.07, 6.45) is 2.85. The summed E-state index contributed by atoms with van der Waals surface area (Å²) in [5.41, 5.74) is 1.55. The maximum absolute atomic E-state index is 12.4. The zero-order valence-electron chi connectivity index (χ0n) is 12.6. The summed E-state index contributed by atoms with van der Waals surface area (Å²) >= 11 is 1.61. The van der Waals surface area contributed by atoms with Crippen molar-refractivity contribution in [1.29, 1.82) is 0 Å². The first-order chi connectivity index (χ1) is 10.1. The molecule has 0 aliphatic carbocycles. The molecule has 112 valence electrons. The first-order valence-electron chi connectivity index (χ1n) is 7.18. The fourth-order valence-corrected chi connectivity index (χ4v) is 2.78. The van der Waals surface area contributed by atoms with Gasteiger partial charge in [-0.1, -0.05) is 19.1 Å². The van der Waals surface area contributed by atoms with Crippen molar-refractivity contribution in [3.63, 3.8) is 0 Å². The van der Waals surface area contributed by atoms with E-state index in [9.17, 15) is 4.79 Å². The molecule has 5 heteroatoms. The van der Waals surface area contributed by atoms with Crippen molar-refractivity contribution >= 4 is 22.9 Å². The Morgan fingerprint density at radius 2 is 2.14 bits per heavy atom. The second-order valence-electron chi connectivity index (χ2n) is 4.98. The number of nitrogens with one attached hydrogen (secondary N) is 2. The van der Waals surface area contributed by atoms with E-state index in [1.165, 1.54) is 0 Å². The molecule has 4 nitrogen and oxygen atoms in total. The molecule has 0 aliphatic heterocycles. The summed E-state index contributed by atoms with van der Waals surface area (Å²) < 4.78 is 0. The predicted molar refractivity (Wildman–Crippen MR) is 88.0 cm³/mol. The van der Waals surface area contributed by atoms with Crippen LogP contribution in [0.15, 0.2) is 30.5 Å². The average Bonchev–Trinajstić information content (AvgIpc) is 2.92. The Balaban J connectivity index is 2.09. The number of anilines is 1. The summed E-state index contributed by atoms with van der Waals surface area (Å²) in [7, 11) is 0. The third-order valence-corrected chi connectivity index (χ3v) is 4.19. The zero-order valence-corrected chi connectivity index (χ0v) is 13.5. The predicted octanol–water partition coefficient (Wildman–Crippen LogP) is 3.76. The number of hydrogen-bond acceptors (Lipinski definition) is 4. The second-order valence-corrected chi connectivity index (χ2v) is 6.24. The molecule has 1 atom stereocenters. The number of amides is 1. The van der Waals surface area contributed by atoms with Crippen LogP contribution in [0.3, 0.4) is 0 Å². The number of para-hydroxylation sites is 1. The maximum Gasteiger partial charge on any atom is 0.253 e. The highest BCUT2D eigenvalue weighted by Crippen LogP contribution is 2.21. The molecular formula is C16H21N3OS. The molecule has 1 amide bonds. The smallest absolute Gasteiger partial charge is 0.253 e. The summed E-state index contributed by atoms with van der Waals surface area (Å²) in [5, 5.41) is 7.23. The topological polar surface area (TPSA) is 54.0 Å². The monoisotopic (exact) mass is 303 g/mol. The summed E-state index contributed by atoms with van der Waals surface area (Å²) in [6.45, 7) is 6.92. The van der Waals surface area contributed by atoms with Gasteiger partial charge in [0, 0.05) is 23.3 Å². The van der Waals surface area contributed by atoms with Gasteiger partial charge in [0.2, 0.25) is 0 Å². The van der Waals surface area contributed by atoms with Gasteiger partial charge in [-0.3, -0.25) is 4.79 Å². The molecule has 2 aromatic rings. The van der Waals surface area contributed by atoms with Gasteiger partial charge in [0.1, 0.15) is 5.01 Å². The van der Waals surface area contributed by atoms with Crippen LogP contribution in [0.1, 0.15) is 46.6 Å². The van der Waals surface area contributed by atoms with Crippen LogP contribution in [-0.2, 0) is 0 Å². The first-order valence-corrected chi connectivity index (χ1v) is 7.99. The van der Waals surface area contributed by atoms with Crippen molar-refractivity contribution in [3.05, 3.63) is 45.9 Å². The lowest BCUT2D eigenvalue weighted by Gasteiger charge is -2.14. The van der Waals surface area contributed by atoms with Crippen LogP contribution in [0.5, 0.6) is 0 Å². The van der Waals surface area contributed by atoms with Gasteiger partial charge in [-0.15, -0.1) is 11.3 Å². The van der Waals surface area contributed by atoms with Gasteiger partial charge in [0.05, 0.1) is 11.6 Å². The molecule has 0 radical (unpaired) electrons. The number of aryl methyl sites for hydroxylation is 1. The highest BCUT2D eigenvalue weighted by Gasteiger charge is 2.16. The van der Waals surface area contributed by atoms with E-state index in [-0.39, 0.29) is 11.9 Å². The number of hydrogen-bond donors (Lipinski definition) is 2. The van der Waals surface area contributed by atoms with Crippen LogP contribution >= 0.6 is 11.3 Å². The van der Waals surface area contributed by atoms with Crippen molar-refractivity contribution in [2.75, 3.05) is 11.9 Å². The van der Waals surface area contributed by atoms with E-state index in [4.69, 9.17) is 0 Å². The molecule has 0 bridgehead atoms. The molecule has 2 rings (SSSR count). The van der Waals surface area contributed by atoms with Crippen molar-refractivity contribution in [1.82, 2.24) is 10.3 Å². The number of benzene rings is 1. The molecule has 0 saturated heterocycles. The van der Waals surface area contributed by atoms with Crippen LogP contribution < -0.4 is 10.6 Å². The van der Waals surface area contributed by atoms with Crippen molar-refractivity contribution < 1.29 is 4.79 Å². The summed E-state index contributed by atoms with van der Waals surface area (Å²) in [6, 6.07) is 7.50. The Kier molecular flexibility index (Phi) is 5.33. The third-order valence-electron chi connectivity index (χ3n) is 3.09. The van der Waals surface area contributed by atoms with E-state index in [2.05, 4.69) is 22.5 Å². The number of thiazole rings is 1. The van der Waals surface area contributed by atoms with Gasteiger partial charge >= 0.3 is 0 Å². The van der Waals surface area contributed by atoms with Gasteiger partial charge in [-0.2, -0.15) is 0 Å². The molecule has 21 heavy (non-hydrogen) atoms. The van der Waals surface area contributed by atoms with Gasteiger partial charge in [-0.25, -0.2) is 4.98 Å². The molecule has 1 aromatic heterocycles. The normalized spacial score (nSPS) is 12.0. The lowest BCUT2D eigenvalue weighted by Crippen LogP contribution is -2.27. The fraction of sp³-hybridized carbons (Fsp3) is 0.375. The lowest BCUT2D eigenvalue weighted by molar-refractivity contribution is 0.0940. The SMILES string of the molecule is CCCNc1ccccc1C(=O)NC(C)c1ncc(C)s1. The van der Waals surface area contributed by atoms with Gasteiger partial charge < -0.3 is 10.6 Å². The van der Waals surface area contributed by atoms with Gasteiger partial charge in [-0.05, 0) is 32.4 Å². The van der Waals surface area contributed by atoms with Crippen molar-refractivity contribution in [2.24, 2.45) is 0 Å². The molecular weight excluding hydrogens is 282 g/mol. The minimum Gasteiger partial charge on any atom is -0.384 e. The summed E-state index contributed by atoms with van der Waals surface area (Å²) in [5.74, 6) is -0.0745. The molecule has 1 aromatic carbocycles. The van der Waals surface area contributed by atoms with E-state index < -0.39 is 0 Å². The molecule has 1 unspecified atom stereocenters. The van der Waals surface area contributed by atoms with Gasteiger partial charge in [0.15, 0.2) is 0 Å². The molecule has 1 heterocycles. The molecule has 0 saturated carbocycles. The third kappa shape index (κ3) is 4.04. The van der Waals surface area contributed by atoms with E-state index in [0.29, 0.717) is 5.56 Å². The Bertz CT molecular complexity index is 609. The highest BCUT2D eigenvalue weighted by molar-refractivity contribution is 7.11. The Labute approximate surface area is 129 Å². The molecule has 0 fully saturated rings. The highest BCUT2D eigenvalue weighted by atomic mass is 32.1. The lowest BCUT2D eigenvalue weighted by atomic mass is 10.1. The minimum absolute atomic E-state index is 0.0745. The van der Waals surface area contributed by atoms with E-state index in [1.807, 2.05) is 44.3 Å². The van der Waals surface area contributed by atoms with Crippen LogP contribution in [0.2, 0.25) is 0 Å². The summed E-state index contributed by atoms with van der Waals surface area (Å²) in [4.78, 5) is 17.9. The molecule has 0 aliphatic rings. The standard InChI is InChI=1S/C16H21N3OS/c1-4-9-17-14-8-6-5-7-13(14)15(20)19-12(3)16-18-10-11(2)21-16/h5-8,10,12,17H,4,9H2,1-3H3,(H,19,20). The number of rotatable bonds is 6. The Morgan fingerprint density at radius 3 is 2.81 bits per heavy atom. The molecule has 2 N–H and O–H groups in total. The first kappa shape index (κ1) is 15.5.